The number of hydrogen-bond acceptors (Lipinski definition) is 5. The van der Waals surface area contributed by atoms with Crippen LogP contribution in [0, 0.1) is 0 Å². The molecule has 0 unspecified atom stereocenters. The van der Waals surface area contributed by atoms with Gasteiger partial charge in [-0.1, -0.05) is 36.4 Å². The molecule has 2 aromatic heterocycles. The lowest BCUT2D eigenvalue weighted by Crippen LogP contribution is -2.36. The smallest absolute Gasteiger partial charge is 0.245 e. The van der Waals surface area contributed by atoms with Crippen LogP contribution in [0.1, 0.15) is 11.6 Å². The summed E-state index contributed by atoms with van der Waals surface area (Å²) in [4.78, 5) is 12.9. The highest BCUT2D eigenvalue weighted by Gasteiger charge is 2.22. The topological polar surface area (TPSA) is 86.9 Å². The summed E-state index contributed by atoms with van der Waals surface area (Å²) in [5.41, 5.74) is 2.12. The van der Waals surface area contributed by atoms with E-state index in [0.717, 1.165) is 22.2 Å². The van der Waals surface area contributed by atoms with Crippen LogP contribution in [0.15, 0.2) is 67.1 Å². The highest BCUT2D eigenvalue weighted by atomic mass is 16.5. The Bertz CT molecular complexity index is 1080. The summed E-state index contributed by atoms with van der Waals surface area (Å²) in [7, 11) is 1.66. The predicted octanol–water partition coefficient (Wildman–Crippen LogP) is 2.24. The van der Waals surface area contributed by atoms with Gasteiger partial charge in [0, 0.05) is 31.1 Å². The second kappa shape index (κ2) is 8.55. The van der Waals surface area contributed by atoms with Crippen molar-refractivity contribution in [3.63, 3.8) is 0 Å². The number of methoxy groups -OCH3 is 1. The number of hydrogen-bond donors (Lipinski definition) is 1. The molecule has 1 amide bonds. The maximum absolute atomic E-state index is 12.9. The summed E-state index contributed by atoms with van der Waals surface area (Å²) in [6.45, 7) is 1.14. The maximum atomic E-state index is 12.9. The molecule has 1 N–H and O–H groups in total. The second-order valence-electron chi connectivity index (χ2n) is 6.69. The second-order valence-corrected chi connectivity index (χ2v) is 6.69. The molecule has 2 heterocycles. The number of rotatable bonds is 8. The van der Waals surface area contributed by atoms with E-state index in [1.807, 2.05) is 60.8 Å². The van der Waals surface area contributed by atoms with Gasteiger partial charge in [0.2, 0.25) is 5.91 Å². The first-order valence-corrected chi connectivity index (χ1v) is 9.42. The summed E-state index contributed by atoms with van der Waals surface area (Å²) in [5.74, 6) is 0.724. The molecule has 4 aromatic rings. The van der Waals surface area contributed by atoms with E-state index in [9.17, 15) is 4.79 Å². The van der Waals surface area contributed by atoms with E-state index in [1.165, 1.54) is 11.0 Å². The lowest BCUT2D eigenvalue weighted by molar-refractivity contribution is -0.124. The average Bonchev–Trinajstić information content (AvgIpc) is 3.43. The van der Waals surface area contributed by atoms with Gasteiger partial charge in [0.15, 0.2) is 0 Å². The molecule has 8 nitrogen and oxygen atoms in total. The van der Waals surface area contributed by atoms with Crippen LogP contribution in [0.25, 0.3) is 10.9 Å². The van der Waals surface area contributed by atoms with E-state index in [4.69, 9.17) is 4.74 Å². The molecule has 0 aliphatic heterocycles. The Morgan fingerprint density at radius 1 is 1.14 bits per heavy atom. The molecule has 0 bridgehead atoms. The van der Waals surface area contributed by atoms with Crippen LogP contribution in [0.4, 0.5) is 0 Å². The monoisotopic (exact) mass is 390 g/mol. The lowest BCUT2D eigenvalue weighted by Gasteiger charge is -2.17. The SMILES string of the molecule is COc1cccc2c1ccn2CCNC(=O)[C@H](Cc1ccccc1)n1cnnn1. The lowest BCUT2D eigenvalue weighted by atomic mass is 10.1. The Morgan fingerprint density at radius 3 is 2.76 bits per heavy atom. The van der Waals surface area contributed by atoms with Crippen LogP contribution >= 0.6 is 0 Å². The Morgan fingerprint density at radius 2 is 2.00 bits per heavy atom. The van der Waals surface area contributed by atoms with Gasteiger partial charge >= 0.3 is 0 Å². The number of nitrogens with zero attached hydrogens (tertiary/aromatic N) is 5. The van der Waals surface area contributed by atoms with Crippen LogP contribution in [0.3, 0.4) is 0 Å². The average molecular weight is 390 g/mol. The molecule has 148 valence electrons. The molecule has 0 spiro atoms. The van der Waals surface area contributed by atoms with Gasteiger partial charge in [-0.2, -0.15) is 0 Å². The molecule has 0 saturated heterocycles. The first kappa shape index (κ1) is 18.7. The van der Waals surface area contributed by atoms with Crippen molar-refractivity contribution in [1.82, 2.24) is 30.1 Å². The number of carbonyl (C=O) groups is 1. The molecule has 0 saturated carbocycles. The molecular formula is C21H22N6O2. The zero-order valence-corrected chi connectivity index (χ0v) is 16.1. The van der Waals surface area contributed by atoms with E-state index < -0.39 is 6.04 Å². The van der Waals surface area contributed by atoms with Crippen LogP contribution in [0.2, 0.25) is 0 Å². The summed E-state index contributed by atoms with van der Waals surface area (Å²) in [6, 6.07) is 17.3. The first-order chi connectivity index (χ1) is 14.3. The summed E-state index contributed by atoms with van der Waals surface area (Å²) >= 11 is 0. The van der Waals surface area contributed by atoms with Crippen LogP contribution in [-0.2, 0) is 17.8 Å². The van der Waals surface area contributed by atoms with Crippen molar-refractivity contribution in [3.8, 4) is 5.75 Å². The van der Waals surface area contributed by atoms with Gasteiger partial charge in [-0.25, -0.2) is 4.68 Å². The van der Waals surface area contributed by atoms with Crippen LogP contribution in [0.5, 0.6) is 5.75 Å². The number of ether oxygens (including phenoxy) is 1. The zero-order chi connectivity index (χ0) is 20.1. The van der Waals surface area contributed by atoms with Crippen molar-refractivity contribution in [2.24, 2.45) is 0 Å². The normalized spacial score (nSPS) is 12.0. The number of aromatic nitrogens is 5. The van der Waals surface area contributed by atoms with Crippen molar-refractivity contribution in [2.75, 3.05) is 13.7 Å². The molecule has 1 atom stereocenters. The quantitative estimate of drug-likeness (QED) is 0.499. The third-order valence-corrected chi connectivity index (χ3v) is 4.90. The number of fused-ring (bicyclic) bond motifs is 1. The molecular weight excluding hydrogens is 368 g/mol. The Labute approximate surface area is 168 Å². The van der Waals surface area contributed by atoms with Gasteiger partial charge in [0.05, 0.1) is 12.6 Å². The minimum Gasteiger partial charge on any atom is -0.496 e. The third kappa shape index (κ3) is 4.11. The molecule has 0 radical (unpaired) electrons. The highest BCUT2D eigenvalue weighted by molar-refractivity contribution is 5.86. The highest BCUT2D eigenvalue weighted by Crippen LogP contribution is 2.26. The molecule has 8 heteroatoms. The Hall–Kier alpha value is -3.68. The van der Waals surface area contributed by atoms with Gasteiger partial charge in [-0.15, -0.1) is 5.10 Å². The molecule has 0 fully saturated rings. The van der Waals surface area contributed by atoms with Crippen LogP contribution < -0.4 is 10.1 Å². The largest absolute Gasteiger partial charge is 0.496 e. The van der Waals surface area contributed by atoms with Crippen molar-refractivity contribution in [3.05, 3.63) is 72.7 Å². The van der Waals surface area contributed by atoms with E-state index >= 15 is 0 Å². The fourth-order valence-electron chi connectivity index (χ4n) is 3.44. The van der Waals surface area contributed by atoms with Crippen molar-refractivity contribution in [2.45, 2.75) is 19.0 Å². The van der Waals surface area contributed by atoms with Crippen LogP contribution in [-0.4, -0.2) is 44.3 Å². The fourth-order valence-corrected chi connectivity index (χ4v) is 3.44. The Kier molecular flexibility index (Phi) is 5.51. The van der Waals surface area contributed by atoms with Crippen molar-refractivity contribution in [1.29, 1.82) is 0 Å². The Balaban J connectivity index is 1.43. The minimum atomic E-state index is -0.506. The van der Waals surface area contributed by atoms with E-state index in [-0.39, 0.29) is 5.91 Å². The number of tetrazole rings is 1. The molecule has 0 aliphatic rings. The molecule has 0 aliphatic carbocycles. The standard InChI is InChI=1S/C21H22N6O2/c1-29-20-9-5-8-18-17(20)10-12-26(18)13-11-22-21(28)19(27-15-23-24-25-27)14-16-6-3-2-4-7-16/h2-10,12,15,19H,11,13-14H2,1H3,(H,22,28)/t19-/m0/s1. The maximum Gasteiger partial charge on any atom is 0.245 e. The first-order valence-electron chi connectivity index (χ1n) is 9.42. The molecule has 2 aromatic carbocycles. The zero-order valence-electron chi connectivity index (χ0n) is 16.1. The van der Waals surface area contributed by atoms with Gasteiger partial charge < -0.3 is 14.6 Å². The minimum absolute atomic E-state index is 0.116. The molecule has 29 heavy (non-hydrogen) atoms. The summed E-state index contributed by atoms with van der Waals surface area (Å²) in [5, 5.41) is 15.3. The van der Waals surface area contributed by atoms with Gasteiger partial charge in [-0.05, 0) is 34.2 Å². The summed E-state index contributed by atoms with van der Waals surface area (Å²) in [6.07, 6.45) is 3.99. The van der Waals surface area contributed by atoms with Gasteiger partial charge in [0.25, 0.3) is 0 Å². The predicted molar refractivity (Wildman–Crippen MR) is 108 cm³/mol. The van der Waals surface area contributed by atoms with Crippen molar-refractivity contribution < 1.29 is 9.53 Å². The van der Waals surface area contributed by atoms with E-state index in [1.54, 1.807) is 7.11 Å². The number of nitrogens with one attached hydrogen (secondary N) is 1. The van der Waals surface area contributed by atoms with Crippen molar-refractivity contribution >= 4 is 16.8 Å². The van der Waals surface area contributed by atoms with Gasteiger partial charge in [0.1, 0.15) is 18.1 Å². The molecule has 4 rings (SSSR count). The summed E-state index contributed by atoms with van der Waals surface area (Å²) < 4.78 is 9.01. The number of amides is 1. The number of benzene rings is 2. The van der Waals surface area contributed by atoms with Gasteiger partial charge in [-0.3, -0.25) is 4.79 Å². The third-order valence-electron chi connectivity index (χ3n) is 4.90. The number of carbonyl (C=O) groups excluding carboxylic acids is 1. The fraction of sp³-hybridized carbons (Fsp3) is 0.238. The van der Waals surface area contributed by atoms with E-state index in [0.29, 0.717) is 19.5 Å². The van der Waals surface area contributed by atoms with E-state index in [2.05, 4.69) is 25.4 Å².